The van der Waals surface area contributed by atoms with Crippen molar-refractivity contribution in [3.63, 3.8) is 0 Å². The van der Waals surface area contributed by atoms with E-state index in [1.54, 1.807) is 26.2 Å². The molecule has 5 rings (SSSR count). The second-order valence-corrected chi connectivity index (χ2v) is 12.6. The van der Waals surface area contributed by atoms with Crippen LogP contribution in [-0.4, -0.2) is 58.6 Å². The molecule has 2 aromatic carbocycles. The number of nitrogens with one attached hydrogen (secondary N) is 1. The minimum Gasteiger partial charge on any atom is -0.351 e. The van der Waals surface area contributed by atoms with E-state index in [1.165, 1.54) is 59.0 Å². The summed E-state index contributed by atoms with van der Waals surface area (Å²) in [5, 5.41) is 7.49. The number of benzene rings is 2. The Morgan fingerprint density at radius 3 is 2.31 bits per heavy atom. The minimum atomic E-state index is -4.29. The van der Waals surface area contributed by atoms with Gasteiger partial charge in [0.25, 0.3) is 15.9 Å². The van der Waals surface area contributed by atoms with Crippen LogP contribution < -0.4 is 10.2 Å². The molecule has 0 bridgehead atoms. The van der Waals surface area contributed by atoms with Crippen molar-refractivity contribution in [3.05, 3.63) is 77.1 Å². The van der Waals surface area contributed by atoms with Crippen molar-refractivity contribution < 1.29 is 27.6 Å². The highest BCUT2D eigenvalue weighted by molar-refractivity contribution is 7.90. The number of carbonyl (C=O) groups is 4. The zero-order chi connectivity index (χ0) is 30.2. The van der Waals surface area contributed by atoms with Crippen molar-refractivity contribution in [2.75, 3.05) is 11.4 Å². The van der Waals surface area contributed by atoms with Crippen LogP contribution in [0.1, 0.15) is 77.0 Å². The van der Waals surface area contributed by atoms with Crippen molar-refractivity contribution in [3.8, 4) is 0 Å². The van der Waals surface area contributed by atoms with E-state index in [0.717, 1.165) is 32.1 Å². The summed E-state index contributed by atoms with van der Waals surface area (Å²) in [4.78, 5) is 54.5. The molecular formula is C30H33N5O6S. The normalized spacial score (nSPS) is 17.0. The molecule has 42 heavy (non-hydrogen) atoms. The third-order valence-corrected chi connectivity index (χ3v) is 9.60. The molecule has 12 heteroatoms. The molecule has 0 saturated heterocycles. The number of rotatable bonds is 8. The molecule has 3 amide bonds. The fraction of sp³-hybridized carbons (Fsp3) is 0.367. The van der Waals surface area contributed by atoms with Crippen LogP contribution in [0.4, 0.5) is 5.69 Å². The van der Waals surface area contributed by atoms with Crippen LogP contribution >= 0.6 is 0 Å². The van der Waals surface area contributed by atoms with Gasteiger partial charge in [-0.05, 0) is 63.1 Å². The number of hydrogen-bond acceptors (Lipinski definition) is 7. The number of sulfonamides is 1. The monoisotopic (exact) mass is 591 g/mol. The van der Waals surface area contributed by atoms with Crippen molar-refractivity contribution in [1.29, 1.82) is 0 Å². The highest BCUT2D eigenvalue weighted by Gasteiger charge is 2.44. The summed E-state index contributed by atoms with van der Waals surface area (Å²) in [5.41, 5.74) is 1.61. The molecular weight excluding hydrogens is 558 g/mol. The van der Waals surface area contributed by atoms with Gasteiger partial charge in [-0.25, -0.2) is 12.7 Å². The van der Waals surface area contributed by atoms with E-state index in [4.69, 9.17) is 0 Å². The summed E-state index contributed by atoms with van der Waals surface area (Å²) in [6.45, 7) is 2.32. The van der Waals surface area contributed by atoms with Crippen LogP contribution in [0.2, 0.25) is 0 Å². The van der Waals surface area contributed by atoms with E-state index in [1.807, 2.05) is 0 Å². The highest BCUT2D eigenvalue weighted by Crippen LogP contribution is 2.34. The molecule has 11 nitrogen and oxygen atoms in total. The largest absolute Gasteiger partial charge is 0.351 e. The molecule has 1 saturated carbocycles. The van der Waals surface area contributed by atoms with Gasteiger partial charge in [-0.15, -0.1) is 0 Å². The molecule has 1 aliphatic carbocycles. The molecule has 0 radical (unpaired) electrons. The molecule has 1 aliphatic heterocycles. The molecule has 2 heterocycles. The lowest BCUT2D eigenvalue weighted by molar-refractivity contribution is -0.127. The van der Waals surface area contributed by atoms with E-state index in [0.29, 0.717) is 21.1 Å². The SMILES string of the molecule is CC(=O)c1ccc(N(C(=O)CN2C(=O)c3ccccc3S2(=O)=O)C(C(=O)NC2CCCCC2)c2cn(C)nc2C)cc1. The quantitative estimate of drug-likeness (QED) is 0.397. The van der Waals surface area contributed by atoms with Crippen molar-refractivity contribution in [2.45, 2.75) is 62.9 Å². The van der Waals surface area contributed by atoms with Gasteiger partial charge in [0.05, 0.1) is 11.3 Å². The number of amides is 3. The summed E-state index contributed by atoms with van der Waals surface area (Å²) in [6.07, 6.45) is 6.32. The van der Waals surface area contributed by atoms with E-state index in [2.05, 4.69) is 10.4 Å². The lowest BCUT2D eigenvalue weighted by Crippen LogP contribution is -2.50. The molecule has 1 atom stereocenters. The number of Topliss-reactive ketones (excluding diaryl/α,β-unsaturated/α-hetero) is 1. The summed E-state index contributed by atoms with van der Waals surface area (Å²) in [6, 6.07) is 10.6. The smallest absolute Gasteiger partial charge is 0.269 e. The van der Waals surface area contributed by atoms with E-state index in [9.17, 15) is 27.6 Å². The first-order chi connectivity index (χ1) is 20.0. The maximum absolute atomic E-state index is 14.2. The molecule has 1 unspecified atom stereocenters. The topological polar surface area (TPSA) is 139 Å². The maximum atomic E-state index is 14.2. The van der Waals surface area contributed by atoms with Crippen LogP contribution in [0.15, 0.2) is 59.6 Å². The van der Waals surface area contributed by atoms with Crippen molar-refractivity contribution >= 4 is 39.2 Å². The molecule has 220 valence electrons. The zero-order valence-corrected chi connectivity index (χ0v) is 24.6. The first-order valence-corrected chi connectivity index (χ1v) is 15.3. The number of nitrogens with zero attached hydrogens (tertiary/aromatic N) is 4. The van der Waals surface area contributed by atoms with E-state index in [-0.39, 0.29) is 28.0 Å². The predicted molar refractivity (Wildman–Crippen MR) is 154 cm³/mol. The Hall–Kier alpha value is -4.32. The fourth-order valence-corrected chi connectivity index (χ4v) is 7.21. The average molecular weight is 592 g/mol. The van der Waals surface area contributed by atoms with Gasteiger partial charge >= 0.3 is 0 Å². The minimum absolute atomic E-state index is 0.0163. The average Bonchev–Trinajstić information content (AvgIpc) is 3.39. The third kappa shape index (κ3) is 5.46. The van der Waals surface area contributed by atoms with Gasteiger partial charge in [0, 0.05) is 36.1 Å². The van der Waals surface area contributed by atoms with Crippen molar-refractivity contribution in [2.24, 2.45) is 7.05 Å². The van der Waals surface area contributed by atoms with Crippen molar-refractivity contribution in [1.82, 2.24) is 19.4 Å². The van der Waals surface area contributed by atoms with Gasteiger partial charge in [-0.2, -0.15) is 5.10 Å². The number of ketones is 1. The fourth-order valence-electron chi connectivity index (χ4n) is 5.69. The number of fused-ring (bicyclic) bond motifs is 1. The van der Waals surface area contributed by atoms with Crippen LogP contribution in [0.25, 0.3) is 0 Å². The molecule has 3 aromatic rings. The molecule has 2 aliphatic rings. The van der Waals surface area contributed by atoms with Crippen LogP contribution in [0, 0.1) is 6.92 Å². The molecule has 1 aromatic heterocycles. The number of carbonyl (C=O) groups excluding carboxylic acids is 4. The maximum Gasteiger partial charge on any atom is 0.269 e. The van der Waals surface area contributed by atoms with E-state index >= 15 is 0 Å². The number of aryl methyl sites for hydroxylation is 2. The van der Waals surface area contributed by atoms with Gasteiger partial charge in [-0.3, -0.25) is 28.8 Å². The third-order valence-electron chi connectivity index (χ3n) is 7.82. The van der Waals surface area contributed by atoms with Gasteiger partial charge in [-0.1, -0.05) is 31.4 Å². The Bertz CT molecular complexity index is 1660. The van der Waals surface area contributed by atoms with Crippen LogP contribution in [0.5, 0.6) is 0 Å². The zero-order valence-electron chi connectivity index (χ0n) is 23.7. The summed E-state index contributed by atoms with van der Waals surface area (Å²) in [5.74, 6) is -2.23. The Kier molecular flexibility index (Phi) is 8.00. The predicted octanol–water partition coefficient (Wildman–Crippen LogP) is 3.30. The first kappa shape index (κ1) is 29.2. The number of anilines is 1. The summed E-state index contributed by atoms with van der Waals surface area (Å²) >= 11 is 0. The molecule has 0 spiro atoms. The molecule has 1 N–H and O–H groups in total. The van der Waals surface area contributed by atoms with Crippen LogP contribution in [0.3, 0.4) is 0 Å². The second kappa shape index (κ2) is 11.5. The lowest BCUT2D eigenvalue weighted by atomic mass is 9.94. The number of hydrogen-bond donors (Lipinski definition) is 1. The van der Waals surface area contributed by atoms with Gasteiger partial charge < -0.3 is 5.32 Å². The van der Waals surface area contributed by atoms with E-state index < -0.39 is 40.3 Å². The first-order valence-electron chi connectivity index (χ1n) is 13.9. The summed E-state index contributed by atoms with van der Waals surface area (Å²) < 4.78 is 28.7. The standard InChI is InChI=1S/C30H33N5O6S/c1-19-25(17-33(3)32-19)28(29(38)31-22-9-5-4-6-10-22)35(23-15-13-21(14-16-23)20(2)36)27(37)18-34-30(39)24-11-7-8-12-26(24)42(34,40)41/h7-8,11-17,22,28H,4-6,9-10,18H2,1-3H3,(H,31,38). The summed E-state index contributed by atoms with van der Waals surface area (Å²) in [7, 11) is -2.59. The Morgan fingerprint density at radius 1 is 1.05 bits per heavy atom. The van der Waals surface area contributed by atoms with Gasteiger partial charge in [0.1, 0.15) is 17.5 Å². The van der Waals surface area contributed by atoms with Gasteiger partial charge in [0.2, 0.25) is 11.8 Å². The second-order valence-electron chi connectivity index (χ2n) is 10.8. The molecule has 1 fully saturated rings. The van der Waals surface area contributed by atoms with Crippen LogP contribution in [-0.2, 0) is 26.7 Å². The highest BCUT2D eigenvalue weighted by atomic mass is 32.2. The number of aromatic nitrogens is 2. The Balaban J connectivity index is 1.59. The van der Waals surface area contributed by atoms with Gasteiger partial charge in [0.15, 0.2) is 5.78 Å². The Morgan fingerprint density at radius 2 is 1.71 bits per heavy atom. The Labute approximate surface area is 244 Å². The lowest BCUT2D eigenvalue weighted by Gasteiger charge is -2.34.